The van der Waals surface area contributed by atoms with Crippen LogP contribution in [0.1, 0.15) is 52.0 Å². The molecule has 0 radical (unpaired) electrons. The molecular formula is C18H22BBrN2O2. The van der Waals surface area contributed by atoms with Gasteiger partial charge in [0.15, 0.2) is 4.73 Å². The largest absolute Gasteiger partial charge is 0.516 e. The Morgan fingerprint density at radius 1 is 1.08 bits per heavy atom. The fraction of sp³-hybridized carbons (Fsp3) is 0.500. The molecular weight excluding hydrogens is 367 g/mol. The van der Waals surface area contributed by atoms with E-state index in [4.69, 9.17) is 9.31 Å². The van der Waals surface area contributed by atoms with E-state index in [0.29, 0.717) is 0 Å². The molecule has 1 saturated carbocycles. The van der Waals surface area contributed by atoms with Crippen molar-refractivity contribution >= 4 is 28.6 Å². The van der Waals surface area contributed by atoms with Gasteiger partial charge < -0.3 is 9.31 Å². The summed E-state index contributed by atoms with van der Waals surface area (Å²) in [6.45, 7) is 8.20. The van der Waals surface area contributed by atoms with Crippen LogP contribution in [0.5, 0.6) is 0 Å². The Labute approximate surface area is 151 Å². The van der Waals surface area contributed by atoms with Crippen molar-refractivity contribution in [3.05, 3.63) is 40.8 Å². The molecule has 0 atom stereocenters. The number of halogens is 1. The summed E-state index contributed by atoms with van der Waals surface area (Å²) in [6.07, 6.45) is 4.62. The molecule has 0 unspecified atom stereocenters. The lowest BCUT2D eigenvalue weighted by molar-refractivity contribution is 0.00578. The van der Waals surface area contributed by atoms with E-state index < -0.39 is 7.12 Å². The van der Waals surface area contributed by atoms with Crippen LogP contribution >= 0.6 is 15.9 Å². The van der Waals surface area contributed by atoms with Gasteiger partial charge in [-0.05, 0) is 80.1 Å². The van der Waals surface area contributed by atoms with E-state index in [1.165, 1.54) is 18.4 Å². The van der Waals surface area contributed by atoms with Gasteiger partial charge in [0.2, 0.25) is 0 Å². The first-order valence-corrected chi connectivity index (χ1v) is 9.27. The molecule has 126 valence electrons. The Balaban J connectivity index is 1.61. The van der Waals surface area contributed by atoms with Gasteiger partial charge in [-0.15, -0.1) is 0 Å². The third-order valence-electron chi connectivity index (χ3n) is 5.40. The summed E-state index contributed by atoms with van der Waals surface area (Å²) in [7, 11) is -0.446. The second-order valence-electron chi connectivity index (χ2n) is 7.76. The molecule has 1 saturated heterocycles. The highest BCUT2D eigenvalue weighted by atomic mass is 79.9. The van der Waals surface area contributed by atoms with Crippen molar-refractivity contribution in [1.82, 2.24) is 9.55 Å². The molecule has 6 heteroatoms. The molecule has 1 aromatic heterocycles. The van der Waals surface area contributed by atoms with Crippen molar-refractivity contribution < 1.29 is 9.31 Å². The number of benzene rings is 1. The fourth-order valence-corrected chi connectivity index (χ4v) is 3.47. The minimum absolute atomic E-state index is 0.361. The summed E-state index contributed by atoms with van der Waals surface area (Å²) >= 11 is 3.56. The minimum Gasteiger partial charge on any atom is -0.398 e. The van der Waals surface area contributed by atoms with Crippen molar-refractivity contribution in [3.8, 4) is 5.69 Å². The van der Waals surface area contributed by atoms with Crippen LogP contribution in [0.4, 0.5) is 0 Å². The SMILES string of the molecule is CC1(C)OB(c2cn(-c3ccc(C4CC4)cc3)c(Br)n2)OC1(C)C. The van der Waals surface area contributed by atoms with Gasteiger partial charge in [-0.1, -0.05) is 12.1 Å². The number of hydrogen-bond donors (Lipinski definition) is 0. The van der Waals surface area contributed by atoms with E-state index in [0.717, 1.165) is 21.9 Å². The summed E-state index contributed by atoms with van der Waals surface area (Å²) in [5.74, 6) is 0.769. The average molecular weight is 389 g/mol. The van der Waals surface area contributed by atoms with E-state index in [9.17, 15) is 0 Å². The summed E-state index contributed by atoms with van der Waals surface area (Å²) in [5.41, 5.74) is 2.58. The van der Waals surface area contributed by atoms with Crippen LogP contribution in [-0.2, 0) is 9.31 Å². The van der Waals surface area contributed by atoms with E-state index in [2.05, 4.69) is 72.9 Å². The zero-order chi connectivity index (χ0) is 17.1. The Morgan fingerprint density at radius 3 is 2.21 bits per heavy atom. The van der Waals surface area contributed by atoms with E-state index in [-0.39, 0.29) is 11.2 Å². The first kappa shape index (κ1) is 16.4. The highest BCUT2D eigenvalue weighted by Gasteiger charge is 2.52. The van der Waals surface area contributed by atoms with E-state index >= 15 is 0 Å². The zero-order valence-corrected chi connectivity index (χ0v) is 16.1. The third-order valence-corrected chi connectivity index (χ3v) is 5.96. The lowest BCUT2D eigenvalue weighted by Gasteiger charge is -2.32. The maximum absolute atomic E-state index is 6.09. The average Bonchev–Trinajstić information content (AvgIpc) is 3.24. The van der Waals surface area contributed by atoms with Crippen LogP contribution in [-0.4, -0.2) is 27.9 Å². The molecule has 1 aliphatic heterocycles. The fourth-order valence-electron chi connectivity index (χ4n) is 2.96. The Bertz CT molecular complexity index is 750. The van der Waals surface area contributed by atoms with E-state index in [1.54, 1.807) is 0 Å². The molecule has 4 rings (SSSR count). The van der Waals surface area contributed by atoms with Crippen molar-refractivity contribution in [1.29, 1.82) is 0 Å². The van der Waals surface area contributed by atoms with E-state index in [1.807, 2.05) is 10.8 Å². The summed E-state index contributed by atoms with van der Waals surface area (Å²) in [5, 5.41) is 0. The molecule has 0 bridgehead atoms. The van der Waals surface area contributed by atoms with Gasteiger partial charge in [0.1, 0.15) is 0 Å². The predicted octanol–water partition coefficient (Wildman–Crippen LogP) is 3.81. The minimum atomic E-state index is -0.446. The van der Waals surface area contributed by atoms with Gasteiger partial charge in [0.25, 0.3) is 0 Å². The highest BCUT2D eigenvalue weighted by molar-refractivity contribution is 9.10. The monoisotopic (exact) mass is 388 g/mol. The number of hydrogen-bond acceptors (Lipinski definition) is 3. The lowest BCUT2D eigenvalue weighted by atomic mass is 9.86. The Hall–Kier alpha value is -1.11. The first-order valence-electron chi connectivity index (χ1n) is 8.48. The molecule has 0 amide bonds. The van der Waals surface area contributed by atoms with Crippen molar-refractivity contribution in [2.45, 2.75) is 57.7 Å². The number of rotatable bonds is 3. The van der Waals surface area contributed by atoms with Gasteiger partial charge in [0, 0.05) is 11.9 Å². The van der Waals surface area contributed by atoms with Gasteiger partial charge in [0.05, 0.1) is 16.8 Å². The predicted molar refractivity (Wildman–Crippen MR) is 99.0 cm³/mol. The molecule has 2 aliphatic rings. The maximum Gasteiger partial charge on any atom is 0.516 e. The maximum atomic E-state index is 6.09. The number of imidazole rings is 1. The standard InChI is InChI=1S/C18H22BBrN2O2/c1-17(2)18(3,4)24-19(23-17)15-11-22(16(20)21-15)14-9-7-13(8-10-14)12-5-6-12/h7-12H,5-6H2,1-4H3. The van der Waals surface area contributed by atoms with Gasteiger partial charge in [-0.25, -0.2) is 4.98 Å². The summed E-state index contributed by atoms with van der Waals surface area (Å²) < 4.78 is 15.0. The van der Waals surface area contributed by atoms with Crippen LogP contribution in [0.15, 0.2) is 35.2 Å². The van der Waals surface area contributed by atoms with Crippen LogP contribution in [0.25, 0.3) is 5.69 Å². The highest BCUT2D eigenvalue weighted by Crippen LogP contribution is 2.40. The normalized spacial score (nSPS) is 22.1. The molecule has 0 N–H and O–H groups in total. The van der Waals surface area contributed by atoms with Crippen LogP contribution in [0.3, 0.4) is 0 Å². The molecule has 0 spiro atoms. The van der Waals surface area contributed by atoms with Crippen molar-refractivity contribution in [2.24, 2.45) is 0 Å². The Morgan fingerprint density at radius 2 is 1.67 bits per heavy atom. The van der Waals surface area contributed by atoms with Crippen molar-refractivity contribution in [2.75, 3.05) is 0 Å². The summed E-state index contributed by atoms with van der Waals surface area (Å²) in [4.78, 5) is 4.60. The first-order chi connectivity index (χ1) is 11.3. The molecule has 1 aliphatic carbocycles. The molecule has 1 aromatic carbocycles. The quantitative estimate of drug-likeness (QED) is 0.750. The molecule has 2 heterocycles. The molecule has 4 nitrogen and oxygen atoms in total. The lowest BCUT2D eigenvalue weighted by Crippen LogP contribution is -2.41. The van der Waals surface area contributed by atoms with Crippen molar-refractivity contribution in [3.63, 3.8) is 0 Å². The van der Waals surface area contributed by atoms with Gasteiger partial charge >= 0.3 is 7.12 Å². The third kappa shape index (κ3) is 2.74. The van der Waals surface area contributed by atoms with Gasteiger partial charge in [-0.3, -0.25) is 4.57 Å². The second-order valence-corrected chi connectivity index (χ2v) is 8.47. The second kappa shape index (κ2) is 5.45. The molecule has 2 aromatic rings. The van der Waals surface area contributed by atoms with Crippen LogP contribution in [0, 0.1) is 0 Å². The smallest absolute Gasteiger partial charge is 0.398 e. The molecule has 24 heavy (non-hydrogen) atoms. The zero-order valence-electron chi connectivity index (χ0n) is 14.5. The van der Waals surface area contributed by atoms with Crippen LogP contribution < -0.4 is 5.59 Å². The number of aromatic nitrogens is 2. The topological polar surface area (TPSA) is 36.3 Å². The summed E-state index contributed by atoms with van der Waals surface area (Å²) in [6, 6.07) is 8.73. The van der Waals surface area contributed by atoms with Gasteiger partial charge in [-0.2, -0.15) is 0 Å². The number of nitrogens with zero attached hydrogens (tertiary/aromatic N) is 2. The Kier molecular flexibility index (Phi) is 3.71. The molecule has 2 fully saturated rings. The van der Waals surface area contributed by atoms with Crippen LogP contribution in [0.2, 0.25) is 0 Å².